The van der Waals surface area contributed by atoms with Gasteiger partial charge < -0.3 is 9.47 Å². The number of allylic oxidation sites excluding steroid dienone is 1. The lowest BCUT2D eigenvalue weighted by molar-refractivity contribution is -0.150. The van der Waals surface area contributed by atoms with Crippen LogP contribution >= 0.6 is 0 Å². The largest absolute Gasteiger partial charge is 0.462 e. The third kappa shape index (κ3) is 4.36. The normalized spacial score (nSPS) is 44.8. The second-order valence-corrected chi connectivity index (χ2v) is 13.5. The first-order chi connectivity index (χ1) is 17.0. The van der Waals surface area contributed by atoms with Crippen molar-refractivity contribution >= 4 is 17.7 Å². The molecule has 10 atom stereocenters. The molecule has 5 aliphatic rings. The summed E-state index contributed by atoms with van der Waals surface area (Å²) in [5, 5.41) is 0. The highest BCUT2D eigenvalue weighted by molar-refractivity contribution is 5.87. The summed E-state index contributed by atoms with van der Waals surface area (Å²) in [4.78, 5) is 28.8. The molecule has 0 bridgehead atoms. The van der Waals surface area contributed by atoms with Crippen LogP contribution < -0.4 is 0 Å². The highest BCUT2D eigenvalue weighted by Crippen LogP contribution is 2.67. The quantitative estimate of drug-likeness (QED) is 0.326. The number of hydrogen-bond acceptors (Lipinski definition) is 5. The summed E-state index contributed by atoms with van der Waals surface area (Å²) in [7, 11) is 0. The number of carbonyl (C=O) groups is 2. The van der Waals surface area contributed by atoms with E-state index in [0.717, 1.165) is 45.1 Å². The van der Waals surface area contributed by atoms with Crippen LogP contribution in [-0.4, -0.2) is 36.4 Å². The molecule has 0 aromatic rings. The topological polar surface area (TPSA) is 65.0 Å². The SMILES string of the molecule is CC(=O)O[C@H]1CC[C@@]2(C)C(=CC[C@H]3[C@@H]4C[C@H](OC(C)=O)[C@H]([C@@H](C)C5=NC[C@@H](C)CC5)[C@@]4(C)CC[C@@H]32)C1. The number of nitrogens with zero attached hydrogens (tertiary/aromatic N) is 1. The molecule has 4 aliphatic carbocycles. The Morgan fingerprint density at radius 3 is 2.47 bits per heavy atom. The van der Waals surface area contributed by atoms with E-state index in [1.165, 1.54) is 37.5 Å². The minimum Gasteiger partial charge on any atom is -0.462 e. The van der Waals surface area contributed by atoms with E-state index in [1.807, 2.05) is 0 Å². The molecule has 0 amide bonds. The highest BCUT2D eigenvalue weighted by Gasteiger charge is 2.63. The molecule has 0 spiro atoms. The second-order valence-electron chi connectivity index (χ2n) is 13.5. The molecular weight excluding hydrogens is 450 g/mol. The van der Waals surface area contributed by atoms with Gasteiger partial charge in [0, 0.05) is 44.4 Å². The van der Waals surface area contributed by atoms with E-state index in [9.17, 15) is 9.59 Å². The van der Waals surface area contributed by atoms with Crippen LogP contribution in [0.4, 0.5) is 0 Å². The molecule has 200 valence electrons. The Bertz CT molecular complexity index is 954. The van der Waals surface area contributed by atoms with Crippen molar-refractivity contribution in [3.63, 3.8) is 0 Å². The zero-order valence-corrected chi connectivity index (χ0v) is 23.3. The van der Waals surface area contributed by atoms with Crippen LogP contribution in [-0.2, 0) is 19.1 Å². The maximum absolute atomic E-state index is 12.2. The predicted molar refractivity (Wildman–Crippen MR) is 142 cm³/mol. The van der Waals surface area contributed by atoms with Crippen LogP contribution in [0.1, 0.15) is 99.3 Å². The highest BCUT2D eigenvalue weighted by atomic mass is 16.5. The maximum atomic E-state index is 12.2. The first-order valence-corrected chi connectivity index (χ1v) is 14.6. The van der Waals surface area contributed by atoms with Gasteiger partial charge in [0.15, 0.2) is 0 Å². The van der Waals surface area contributed by atoms with Crippen LogP contribution in [0.25, 0.3) is 0 Å². The van der Waals surface area contributed by atoms with Gasteiger partial charge >= 0.3 is 11.9 Å². The second kappa shape index (κ2) is 9.58. The monoisotopic (exact) mass is 497 g/mol. The van der Waals surface area contributed by atoms with Gasteiger partial charge in [-0.15, -0.1) is 0 Å². The van der Waals surface area contributed by atoms with Crippen molar-refractivity contribution in [3.05, 3.63) is 11.6 Å². The summed E-state index contributed by atoms with van der Waals surface area (Å²) in [5.41, 5.74) is 3.25. The third-order valence-corrected chi connectivity index (χ3v) is 11.4. The maximum Gasteiger partial charge on any atom is 0.302 e. The van der Waals surface area contributed by atoms with Crippen molar-refractivity contribution in [2.75, 3.05) is 6.54 Å². The Kier molecular flexibility index (Phi) is 6.91. The minimum absolute atomic E-state index is 0.00816. The Hall–Kier alpha value is -1.65. The van der Waals surface area contributed by atoms with Crippen LogP contribution in [0.2, 0.25) is 0 Å². The summed E-state index contributed by atoms with van der Waals surface area (Å²) < 4.78 is 11.7. The number of rotatable bonds is 4. The molecule has 0 aromatic carbocycles. The van der Waals surface area contributed by atoms with Gasteiger partial charge in [-0.05, 0) is 85.9 Å². The van der Waals surface area contributed by atoms with E-state index in [1.54, 1.807) is 6.92 Å². The van der Waals surface area contributed by atoms with Gasteiger partial charge in [-0.2, -0.15) is 0 Å². The third-order valence-electron chi connectivity index (χ3n) is 11.4. The molecule has 3 saturated carbocycles. The lowest BCUT2D eigenvalue weighted by Crippen LogP contribution is -2.51. The molecule has 1 aliphatic heterocycles. The lowest BCUT2D eigenvalue weighted by Gasteiger charge is -2.58. The van der Waals surface area contributed by atoms with E-state index in [0.29, 0.717) is 35.5 Å². The molecule has 3 fully saturated rings. The van der Waals surface area contributed by atoms with Crippen molar-refractivity contribution < 1.29 is 19.1 Å². The zero-order valence-electron chi connectivity index (χ0n) is 23.3. The van der Waals surface area contributed by atoms with Crippen LogP contribution in [0.5, 0.6) is 0 Å². The first-order valence-electron chi connectivity index (χ1n) is 14.6. The molecule has 0 radical (unpaired) electrons. The van der Waals surface area contributed by atoms with Crippen molar-refractivity contribution in [1.82, 2.24) is 0 Å². The van der Waals surface area contributed by atoms with Crippen molar-refractivity contribution in [2.24, 2.45) is 51.3 Å². The van der Waals surface area contributed by atoms with Gasteiger partial charge in [0.25, 0.3) is 0 Å². The number of aliphatic imine (C=N–C) groups is 1. The van der Waals surface area contributed by atoms with Gasteiger partial charge in [0.1, 0.15) is 12.2 Å². The molecule has 0 unspecified atom stereocenters. The fourth-order valence-electron chi connectivity index (χ4n) is 9.63. The molecule has 1 heterocycles. The average Bonchev–Trinajstić information content (AvgIpc) is 3.10. The molecule has 5 heteroatoms. The van der Waals surface area contributed by atoms with E-state index in [-0.39, 0.29) is 35.0 Å². The molecular formula is C31H47NO4. The number of fused-ring (bicyclic) bond motifs is 5. The van der Waals surface area contributed by atoms with E-state index < -0.39 is 0 Å². The number of ether oxygens (including phenoxy) is 2. The summed E-state index contributed by atoms with van der Waals surface area (Å²) in [5.74, 6) is 2.93. The number of carbonyl (C=O) groups excluding carboxylic acids is 2. The Balaban J connectivity index is 1.43. The van der Waals surface area contributed by atoms with E-state index in [4.69, 9.17) is 14.5 Å². The standard InChI is InChI=1S/C31H47NO4/c1-18-7-10-27(32-17-18)19(2)29-28(36-21(4)34)16-26-24-9-8-22-15-23(35-20(3)33)11-13-30(22,5)25(24)12-14-31(26,29)6/h8,18-19,23-26,28-29H,7,9-17H2,1-6H3/t18-,19-,23-,24+,25-,26-,28-,29-,30-,31-/m0/s1. The molecule has 0 N–H and O–H groups in total. The van der Waals surface area contributed by atoms with Crippen molar-refractivity contribution in [1.29, 1.82) is 0 Å². The number of hydrogen-bond donors (Lipinski definition) is 0. The molecule has 5 nitrogen and oxygen atoms in total. The van der Waals surface area contributed by atoms with Gasteiger partial charge in [0.05, 0.1) is 0 Å². The Morgan fingerprint density at radius 1 is 1.06 bits per heavy atom. The fraction of sp³-hybridized carbons (Fsp3) is 0.839. The summed E-state index contributed by atoms with van der Waals surface area (Å²) in [6, 6.07) is 0. The van der Waals surface area contributed by atoms with Gasteiger partial charge in [0.2, 0.25) is 0 Å². The minimum atomic E-state index is -0.161. The first kappa shape index (κ1) is 26.0. The van der Waals surface area contributed by atoms with Crippen molar-refractivity contribution in [2.45, 2.75) is 112 Å². The molecule has 0 aromatic heterocycles. The summed E-state index contributed by atoms with van der Waals surface area (Å²) >= 11 is 0. The van der Waals surface area contributed by atoms with Crippen molar-refractivity contribution in [3.8, 4) is 0 Å². The molecule has 0 saturated heterocycles. The van der Waals surface area contributed by atoms with Gasteiger partial charge in [-0.1, -0.05) is 39.3 Å². The lowest BCUT2D eigenvalue weighted by atomic mass is 9.47. The van der Waals surface area contributed by atoms with Gasteiger partial charge in [-0.25, -0.2) is 0 Å². The average molecular weight is 498 g/mol. The zero-order chi connectivity index (χ0) is 25.8. The summed E-state index contributed by atoms with van der Waals surface area (Å²) in [6.45, 7) is 13.7. The molecule has 36 heavy (non-hydrogen) atoms. The number of esters is 2. The van der Waals surface area contributed by atoms with E-state index >= 15 is 0 Å². The Labute approximate surface area is 217 Å². The fourth-order valence-corrected chi connectivity index (χ4v) is 9.63. The van der Waals surface area contributed by atoms with Crippen LogP contribution in [0.15, 0.2) is 16.6 Å². The van der Waals surface area contributed by atoms with Crippen LogP contribution in [0.3, 0.4) is 0 Å². The predicted octanol–water partition coefficient (Wildman–Crippen LogP) is 6.55. The van der Waals surface area contributed by atoms with E-state index in [2.05, 4.69) is 33.8 Å². The van der Waals surface area contributed by atoms with Gasteiger partial charge in [-0.3, -0.25) is 14.6 Å². The Morgan fingerprint density at radius 2 is 1.81 bits per heavy atom. The smallest absolute Gasteiger partial charge is 0.302 e. The van der Waals surface area contributed by atoms with Crippen LogP contribution in [0, 0.1) is 46.3 Å². The molecule has 5 rings (SSSR count). The summed E-state index contributed by atoms with van der Waals surface area (Å²) in [6.07, 6.45) is 12.3.